The third kappa shape index (κ3) is 2.66. The number of amides is 2. The number of anilines is 1. The topological polar surface area (TPSA) is 75.7 Å². The Kier molecular flexibility index (Phi) is 4.72. The molecule has 3 atom stereocenters. The molecule has 0 aliphatic carbocycles. The first-order valence-electron chi connectivity index (χ1n) is 8.52. The van der Waals surface area contributed by atoms with E-state index >= 15 is 0 Å². The van der Waals surface area contributed by atoms with Gasteiger partial charge in [0.15, 0.2) is 0 Å². The molecule has 2 aliphatic rings. The lowest BCUT2D eigenvalue weighted by molar-refractivity contribution is -0.154. The molecule has 25 heavy (non-hydrogen) atoms. The number of fused-ring (bicyclic) bond motifs is 1. The molecule has 0 spiro atoms. The number of para-hydroxylation sites is 1. The van der Waals surface area contributed by atoms with E-state index in [0.717, 1.165) is 0 Å². The van der Waals surface area contributed by atoms with Gasteiger partial charge >= 0.3 is 5.97 Å². The Bertz CT molecular complexity index is 703. The number of carbonyl (C=O) groups is 3. The fraction of sp³-hybridized carbons (Fsp3) is 0.421. The minimum absolute atomic E-state index is 0.221. The van der Waals surface area contributed by atoms with Gasteiger partial charge in [0.05, 0.1) is 24.1 Å². The standard InChI is InChI=1S/C19H22N2O4/c1-3-5-11-19(18(24)25-4-2)15-14(12-20-19)16(22)21(17(15)23)13-9-7-6-8-10-13/h3,6-10,14-15,20H,1,4-5,11-12H2,2H3/t14-,15+,19-/m1/s1. The summed E-state index contributed by atoms with van der Waals surface area (Å²) in [4.78, 5) is 39.9. The lowest BCUT2D eigenvalue weighted by atomic mass is 9.78. The zero-order valence-corrected chi connectivity index (χ0v) is 14.2. The number of hydrogen-bond acceptors (Lipinski definition) is 5. The van der Waals surface area contributed by atoms with E-state index in [9.17, 15) is 14.4 Å². The normalized spacial score (nSPS) is 28.1. The van der Waals surface area contributed by atoms with Crippen LogP contribution < -0.4 is 10.2 Å². The second-order valence-electron chi connectivity index (χ2n) is 6.33. The van der Waals surface area contributed by atoms with E-state index in [-0.39, 0.29) is 25.0 Å². The van der Waals surface area contributed by atoms with Crippen LogP contribution in [0.3, 0.4) is 0 Å². The van der Waals surface area contributed by atoms with E-state index in [1.807, 2.05) is 6.07 Å². The highest BCUT2D eigenvalue weighted by molar-refractivity contribution is 6.24. The van der Waals surface area contributed by atoms with E-state index in [4.69, 9.17) is 4.74 Å². The molecule has 0 aromatic heterocycles. The zero-order valence-electron chi connectivity index (χ0n) is 14.2. The van der Waals surface area contributed by atoms with Crippen molar-refractivity contribution >= 4 is 23.5 Å². The van der Waals surface area contributed by atoms with Gasteiger partial charge in [-0.25, -0.2) is 4.90 Å². The summed E-state index contributed by atoms with van der Waals surface area (Å²) in [6.45, 7) is 5.93. The summed E-state index contributed by atoms with van der Waals surface area (Å²) < 4.78 is 5.24. The zero-order chi connectivity index (χ0) is 18.0. The van der Waals surface area contributed by atoms with Crippen molar-refractivity contribution in [1.82, 2.24) is 5.32 Å². The maximum absolute atomic E-state index is 13.1. The number of ether oxygens (including phenoxy) is 1. The Morgan fingerprint density at radius 2 is 2.08 bits per heavy atom. The van der Waals surface area contributed by atoms with Crippen LogP contribution in [0.15, 0.2) is 43.0 Å². The molecule has 2 amide bonds. The SMILES string of the molecule is C=CCC[C@@]1(C(=O)OCC)NC[C@H]2C(=O)N(c3ccccc3)C(=O)[C@H]21. The van der Waals surface area contributed by atoms with Crippen LogP contribution in [0.25, 0.3) is 0 Å². The smallest absolute Gasteiger partial charge is 0.327 e. The molecule has 0 unspecified atom stereocenters. The number of rotatable bonds is 6. The van der Waals surface area contributed by atoms with E-state index in [1.54, 1.807) is 37.3 Å². The molecular formula is C19H22N2O4. The number of imide groups is 1. The van der Waals surface area contributed by atoms with Crippen molar-refractivity contribution in [3.05, 3.63) is 43.0 Å². The van der Waals surface area contributed by atoms with E-state index in [2.05, 4.69) is 11.9 Å². The summed E-state index contributed by atoms with van der Waals surface area (Å²) in [7, 11) is 0. The molecule has 2 fully saturated rings. The number of nitrogens with zero attached hydrogens (tertiary/aromatic N) is 1. The average Bonchev–Trinajstić information content (AvgIpc) is 3.12. The second-order valence-corrected chi connectivity index (χ2v) is 6.33. The Hall–Kier alpha value is -2.47. The molecule has 0 saturated carbocycles. The molecular weight excluding hydrogens is 320 g/mol. The predicted octanol–water partition coefficient (Wildman–Crippen LogP) is 1.66. The maximum Gasteiger partial charge on any atom is 0.327 e. The van der Waals surface area contributed by atoms with E-state index < -0.39 is 23.3 Å². The number of carbonyl (C=O) groups excluding carboxylic acids is 3. The minimum atomic E-state index is -1.18. The first kappa shape index (κ1) is 17.4. The highest BCUT2D eigenvalue weighted by Gasteiger charge is 2.65. The lowest BCUT2D eigenvalue weighted by Crippen LogP contribution is -2.56. The van der Waals surface area contributed by atoms with Crippen LogP contribution in [0.4, 0.5) is 5.69 Å². The molecule has 0 radical (unpaired) electrons. The lowest BCUT2D eigenvalue weighted by Gasteiger charge is -2.31. The van der Waals surface area contributed by atoms with Crippen molar-refractivity contribution in [3.8, 4) is 0 Å². The van der Waals surface area contributed by atoms with Crippen molar-refractivity contribution in [2.45, 2.75) is 25.3 Å². The largest absolute Gasteiger partial charge is 0.465 e. The van der Waals surface area contributed by atoms with Crippen molar-refractivity contribution in [3.63, 3.8) is 0 Å². The highest BCUT2D eigenvalue weighted by atomic mass is 16.5. The molecule has 3 rings (SSSR count). The third-order valence-corrected chi connectivity index (χ3v) is 4.99. The minimum Gasteiger partial charge on any atom is -0.465 e. The molecule has 1 aromatic rings. The highest BCUT2D eigenvalue weighted by Crippen LogP contribution is 2.44. The van der Waals surface area contributed by atoms with Crippen LogP contribution in [0.5, 0.6) is 0 Å². The average molecular weight is 342 g/mol. The second kappa shape index (κ2) is 6.80. The first-order chi connectivity index (χ1) is 12.1. The number of esters is 1. The summed E-state index contributed by atoms with van der Waals surface area (Å²) in [5.41, 5.74) is -0.640. The van der Waals surface area contributed by atoms with Gasteiger partial charge in [0.2, 0.25) is 11.8 Å². The number of allylic oxidation sites excluding steroid dienone is 1. The summed E-state index contributed by atoms with van der Waals surface area (Å²) in [6.07, 6.45) is 2.62. The molecule has 6 nitrogen and oxygen atoms in total. The molecule has 2 heterocycles. The Morgan fingerprint density at radius 3 is 2.72 bits per heavy atom. The van der Waals surface area contributed by atoms with Crippen LogP contribution in [0.1, 0.15) is 19.8 Å². The quantitative estimate of drug-likeness (QED) is 0.483. The fourth-order valence-corrected chi connectivity index (χ4v) is 3.86. The van der Waals surface area contributed by atoms with E-state index in [0.29, 0.717) is 18.5 Å². The Balaban J connectivity index is 1.99. The predicted molar refractivity (Wildman–Crippen MR) is 92.7 cm³/mol. The van der Waals surface area contributed by atoms with Gasteiger partial charge in [-0.15, -0.1) is 6.58 Å². The molecule has 2 saturated heterocycles. The Morgan fingerprint density at radius 1 is 1.36 bits per heavy atom. The summed E-state index contributed by atoms with van der Waals surface area (Å²) in [5, 5.41) is 3.13. The first-order valence-corrected chi connectivity index (χ1v) is 8.52. The van der Waals surface area contributed by atoms with Gasteiger partial charge < -0.3 is 10.1 Å². The van der Waals surface area contributed by atoms with Crippen molar-refractivity contribution < 1.29 is 19.1 Å². The summed E-state index contributed by atoms with van der Waals surface area (Å²) in [5.74, 6) is -2.39. The number of benzene rings is 1. The van der Waals surface area contributed by atoms with Gasteiger partial charge in [-0.3, -0.25) is 14.4 Å². The van der Waals surface area contributed by atoms with Crippen LogP contribution >= 0.6 is 0 Å². The van der Waals surface area contributed by atoms with Gasteiger partial charge in [0, 0.05) is 6.54 Å². The molecule has 0 bridgehead atoms. The van der Waals surface area contributed by atoms with Gasteiger partial charge in [0.25, 0.3) is 0 Å². The van der Waals surface area contributed by atoms with Crippen molar-refractivity contribution in [2.75, 3.05) is 18.1 Å². The molecule has 132 valence electrons. The Labute approximate surface area is 146 Å². The number of hydrogen-bond donors (Lipinski definition) is 1. The number of nitrogens with one attached hydrogen (secondary N) is 1. The molecule has 6 heteroatoms. The fourth-order valence-electron chi connectivity index (χ4n) is 3.86. The third-order valence-electron chi connectivity index (χ3n) is 4.99. The summed E-state index contributed by atoms with van der Waals surface area (Å²) >= 11 is 0. The monoisotopic (exact) mass is 342 g/mol. The van der Waals surface area contributed by atoms with E-state index in [1.165, 1.54) is 4.90 Å². The van der Waals surface area contributed by atoms with Crippen LogP contribution in [-0.4, -0.2) is 36.5 Å². The van der Waals surface area contributed by atoms with Crippen molar-refractivity contribution in [2.24, 2.45) is 11.8 Å². The summed E-state index contributed by atoms with van der Waals surface area (Å²) in [6, 6.07) is 8.82. The van der Waals surface area contributed by atoms with Gasteiger partial charge in [-0.1, -0.05) is 24.3 Å². The van der Waals surface area contributed by atoms with Crippen molar-refractivity contribution in [1.29, 1.82) is 0 Å². The molecule has 1 aromatic carbocycles. The van der Waals surface area contributed by atoms with Gasteiger partial charge in [-0.2, -0.15) is 0 Å². The molecule has 2 aliphatic heterocycles. The van der Waals surface area contributed by atoms with Crippen LogP contribution in [0, 0.1) is 11.8 Å². The van der Waals surface area contributed by atoms with Gasteiger partial charge in [0.1, 0.15) is 5.54 Å². The maximum atomic E-state index is 13.1. The van der Waals surface area contributed by atoms with Crippen LogP contribution in [-0.2, 0) is 19.1 Å². The molecule has 1 N–H and O–H groups in total. The van der Waals surface area contributed by atoms with Gasteiger partial charge in [-0.05, 0) is 31.9 Å². The van der Waals surface area contributed by atoms with Crippen LogP contribution in [0.2, 0.25) is 0 Å².